The van der Waals surface area contributed by atoms with Crippen molar-refractivity contribution in [2.45, 2.75) is 38.2 Å². The fourth-order valence-corrected chi connectivity index (χ4v) is 2.41. The molecule has 82 valence electrons. The second-order valence-corrected chi connectivity index (χ2v) is 5.44. The molecule has 15 heavy (non-hydrogen) atoms. The van der Waals surface area contributed by atoms with Gasteiger partial charge >= 0.3 is 0 Å². The zero-order valence-corrected chi connectivity index (χ0v) is 10.4. The van der Waals surface area contributed by atoms with Gasteiger partial charge in [0.2, 0.25) is 0 Å². The van der Waals surface area contributed by atoms with Crippen molar-refractivity contribution in [3.8, 4) is 0 Å². The molecule has 0 aromatic heterocycles. The maximum atomic E-state index is 10.9. The number of aryl methyl sites for hydroxylation is 1. The number of carbonyl (C=O) groups is 1. The molecule has 0 saturated carbocycles. The molecule has 0 saturated heterocycles. The first-order valence-corrected chi connectivity index (χ1v) is 6.29. The van der Waals surface area contributed by atoms with Crippen LogP contribution in [0.15, 0.2) is 24.3 Å². The normalized spacial score (nSPS) is 12.5. The van der Waals surface area contributed by atoms with E-state index < -0.39 is 0 Å². The molecule has 1 nitrogen and oxygen atoms in total. The second kappa shape index (κ2) is 5.96. The van der Waals surface area contributed by atoms with Gasteiger partial charge in [-0.25, -0.2) is 0 Å². The molecule has 0 fully saturated rings. The Morgan fingerprint density at radius 3 is 2.47 bits per heavy atom. The van der Waals surface area contributed by atoms with Gasteiger partial charge in [0, 0.05) is 17.4 Å². The van der Waals surface area contributed by atoms with Crippen molar-refractivity contribution in [1.82, 2.24) is 0 Å². The zero-order valence-electron chi connectivity index (χ0n) is 9.62. The first-order chi connectivity index (χ1) is 7.08. The standard InChI is InChI=1S/C13H18OS/c1-10-4-6-13(7-5-10)9-15-12(3)8-11(2)14/h4-7,12H,8-9H2,1-3H3/t12-/m0/s1. The van der Waals surface area contributed by atoms with Gasteiger partial charge in [0.1, 0.15) is 5.78 Å². The Kier molecular flexibility index (Phi) is 4.89. The van der Waals surface area contributed by atoms with Crippen LogP contribution in [0.5, 0.6) is 0 Å². The number of benzene rings is 1. The van der Waals surface area contributed by atoms with Gasteiger partial charge in [0.05, 0.1) is 0 Å². The summed E-state index contributed by atoms with van der Waals surface area (Å²) in [6.45, 7) is 5.86. The quantitative estimate of drug-likeness (QED) is 0.757. The van der Waals surface area contributed by atoms with Crippen molar-refractivity contribution in [3.63, 3.8) is 0 Å². The highest BCUT2D eigenvalue weighted by atomic mass is 32.2. The van der Waals surface area contributed by atoms with Crippen LogP contribution in [0.25, 0.3) is 0 Å². The SMILES string of the molecule is CC(=O)C[C@H](C)SCc1ccc(C)cc1. The van der Waals surface area contributed by atoms with E-state index in [2.05, 4.69) is 38.1 Å². The van der Waals surface area contributed by atoms with Crippen molar-refractivity contribution in [2.75, 3.05) is 0 Å². The van der Waals surface area contributed by atoms with Crippen LogP contribution < -0.4 is 0 Å². The summed E-state index contributed by atoms with van der Waals surface area (Å²) in [6, 6.07) is 8.57. The lowest BCUT2D eigenvalue weighted by Crippen LogP contribution is -2.03. The maximum absolute atomic E-state index is 10.9. The van der Waals surface area contributed by atoms with Gasteiger partial charge in [-0.15, -0.1) is 0 Å². The van der Waals surface area contributed by atoms with E-state index in [1.54, 1.807) is 6.92 Å². The largest absolute Gasteiger partial charge is 0.300 e. The minimum absolute atomic E-state index is 0.277. The van der Waals surface area contributed by atoms with E-state index in [1.165, 1.54) is 11.1 Å². The average Bonchev–Trinajstić information content (AvgIpc) is 2.16. The van der Waals surface area contributed by atoms with E-state index in [0.29, 0.717) is 11.7 Å². The van der Waals surface area contributed by atoms with Gasteiger partial charge in [-0.1, -0.05) is 36.8 Å². The molecule has 0 N–H and O–H groups in total. The van der Waals surface area contributed by atoms with Gasteiger partial charge < -0.3 is 0 Å². The molecule has 0 unspecified atom stereocenters. The fourth-order valence-electron chi connectivity index (χ4n) is 1.39. The molecule has 0 heterocycles. The molecule has 0 amide bonds. The monoisotopic (exact) mass is 222 g/mol. The summed E-state index contributed by atoms with van der Waals surface area (Å²) in [5.41, 5.74) is 2.63. The van der Waals surface area contributed by atoms with Gasteiger partial charge in [0.25, 0.3) is 0 Å². The molecule has 1 rings (SSSR count). The summed E-state index contributed by atoms with van der Waals surface area (Å²) < 4.78 is 0. The Hall–Kier alpha value is -0.760. The Morgan fingerprint density at radius 1 is 1.33 bits per heavy atom. The second-order valence-electron chi connectivity index (χ2n) is 4.01. The number of Topliss-reactive ketones (excluding diaryl/α,β-unsaturated/α-hetero) is 1. The summed E-state index contributed by atoms with van der Waals surface area (Å²) >= 11 is 1.84. The predicted molar refractivity (Wildman–Crippen MR) is 67.2 cm³/mol. The molecule has 0 aliphatic heterocycles. The van der Waals surface area contributed by atoms with E-state index in [1.807, 2.05) is 11.8 Å². The summed E-state index contributed by atoms with van der Waals surface area (Å²) in [7, 11) is 0. The number of rotatable bonds is 5. The molecule has 1 aromatic rings. The lowest BCUT2D eigenvalue weighted by molar-refractivity contribution is -0.116. The predicted octanol–water partition coefficient (Wildman–Crippen LogP) is 3.60. The lowest BCUT2D eigenvalue weighted by atomic mass is 10.2. The number of ketones is 1. The Balaban J connectivity index is 2.36. The number of hydrogen-bond acceptors (Lipinski definition) is 2. The van der Waals surface area contributed by atoms with Crippen LogP contribution in [0.3, 0.4) is 0 Å². The summed E-state index contributed by atoms with van der Waals surface area (Å²) in [5.74, 6) is 1.27. The van der Waals surface area contributed by atoms with E-state index >= 15 is 0 Å². The molecule has 0 aliphatic rings. The van der Waals surface area contributed by atoms with Crippen LogP contribution >= 0.6 is 11.8 Å². The third-order valence-electron chi connectivity index (χ3n) is 2.23. The van der Waals surface area contributed by atoms with E-state index in [0.717, 1.165) is 5.75 Å². The van der Waals surface area contributed by atoms with Crippen LogP contribution in [-0.4, -0.2) is 11.0 Å². The van der Waals surface area contributed by atoms with Crippen LogP contribution in [-0.2, 0) is 10.5 Å². The lowest BCUT2D eigenvalue weighted by Gasteiger charge is -2.08. The highest BCUT2D eigenvalue weighted by Crippen LogP contribution is 2.20. The number of thioether (sulfide) groups is 1. The van der Waals surface area contributed by atoms with Gasteiger partial charge in [-0.3, -0.25) is 4.79 Å². The Bertz CT molecular complexity index is 316. The summed E-state index contributed by atoms with van der Waals surface area (Å²) in [4.78, 5) is 10.9. The molecule has 2 heteroatoms. The number of hydrogen-bond donors (Lipinski definition) is 0. The van der Waals surface area contributed by atoms with Gasteiger partial charge in [-0.05, 0) is 19.4 Å². The smallest absolute Gasteiger partial charge is 0.130 e. The van der Waals surface area contributed by atoms with Crippen LogP contribution in [0, 0.1) is 6.92 Å². The third kappa shape index (κ3) is 5.03. The highest BCUT2D eigenvalue weighted by Gasteiger charge is 2.05. The third-order valence-corrected chi connectivity index (χ3v) is 3.47. The van der Waals surface area contributed by atoms with Crippen molar-refractivity contribution in [1.29, 1.82) is 0 Å². The molecule has 1 aromatic carbocycles. The first-order valence-electron chi connectivity index (χ1n) is 5.24. The molecular weight excluding hydrogens is 204 g/mol. The zero-order chi connectivity index (χ0) is 11.3. The maximum Gasteiger partial charge on any atom is 0.130 e. The van der Waals surface area contributed by atoms with Gasteiger partial charge in [0.15, 0.2) is 0 Å². The van der Waals surface area contributed by atoms with Crippen LogP contribution in [0.1, 0.15) is 31.4 Å². The van der Waals surface area contributed by atoms with Crippen LogP contribution in [0.4, 0.5) is 0 Å². The minimum Gasteiger partial charge on any atom is -0.300 e. The average molecular weight is 222 g/mol. The summed E-state index contributed by atoms with van der Waals surface area (Å²) in [6.07, 6.45) is 0.677. The molecule has 0 aliphatic carbocycles. The van der Waals surface area contributed by atoms with Crippen molar-refractivity contribution in [2.24, 2.45) is 0 Å². The Morgan fingerprint density at radius 2 is 1.93 bits per heavy atom. The van der Waals surface area contributed by atoms with Gasteiger partial charge in [-0.2, -0.15) is 11.8 Å². The fraction of sp³-hybridized carbons (Fsp3) is 0.462. The summed E-state index contributed by atoms with van der Waals surface area (Å²) in [5, 5.41) is 0.420. The van der Waals surface area contributed by atoms with E-state index in [4.69, 9.17) is 0 Å². The molecule has 1 atom stereocenters. The first kappa shape index (κ1) is 12.3. The molecular formula is C13H18OS. The number of carbonyl (C=O) groups excluding carboxylic acids is 1. The topological polar surface area (TPSA) is 17.1 Å². The van der Waals surface area contributed by atoms with Crippen molar-refractivity contribution < 1.29 is 4.79 Å². The molecule has 0 bridgehead atoms. The van der Waals surface area contributed by atoms with Crippen LogP contribution in [0.2, 0.25) is 0 Å². The van der Waals surface area contributed by atoms with Crippen molar-refractivity contribution in [3.05, 3.63) is 35.4 Å². The molecule has 0 radical (unpaired) electrons. The van der Waals surface area contributed by atoms with E-state index in [9.17, 15) is 4.79 Å². The minimum atomic E-state index is 0.277. The van der Waals surface area contributed by atoms with Crippen molar-refractivity contribution >= 4 is 17.5 Å². The Labute approximate surface area is 96.3 Å². The van der Waals surface area contributed by atoms with E-state index in [-0.39, 0.29) is 5.78 Å². The highest BCUT2D eigenvalue weighted by molar-refractivity contribution is 7.99. The molecule has 0 spiro atoms.